The van der Waals surface area contributed by atoms with E-state index in [0.717, 1.165) is 15.7 Å². The van der Waals surface area contributed by atoms with Gasteiger partial charge in [-0.15, -0.1) is 0 Å². The zero-order valence-electron chi connectivity index (χ0n) is 17.2. The minimum atomic E-state index is -3.47. The van der Waals surface area contributed by atoms with Gasteiger partial charge in [-0.1, -0.05) is 38.1 Å². The van der Waals surface area contributed by atoms with Crippen molar-refractivity contribution in [3.05, 3.63) is 59.7 Å². The first-order valence-electron chi connectivity index (χ1n) is 9.32. The van der Waals surface area contributed by atoms with Gasteiger partial charge in [-0.05, 0) is 35.7 Å². The van der Waals surface area contributed by atoms with E-state index in [1.807, 2.05) is 7.05 Å². The number of likely N-dealkylation sites (N-methyl/N-ethyl adjacent to an activating group) is 1. The van der Waals surface area contributed by atoms with Crippen LogP contribution in [0.2, 0.25) is 0 Å². The average Bonchev–Trinajstić information content (AvgIpc) is 2.62. The van der Waals surface area contributed by atoms with Crippen molar-refractivity contribution < 1.29 is 18.1 Å². The van der Waals surface area contributed by atoms with E-state index in [0.29, 0.717) is 18.2 Å². The molecule has 0 radical (unpaired) electrons. The maximum absolute atomic E-state index is 12.3. The van der Waals surface area contributed by atoms with E-state index in [2.05, 4.69) is 43.4 Å². The highest BCUT2D eigenvalue weighted by Crippen LogP contribution is 2.16. The number of anilines is 1. The number of sulfonamides is 1. The molecule has 1 atom stereocenters. The van der Waals surface area contributed by atoms with Crippen LogP contribution in [0.3, 0.4) is 0 Å². The Kier molecular flexibility index (Phi) is 7.35. The van der Waals surface area contributed by atoms with Crippen LogP contribution in [-0.2, 0) is 21.4 Å². The molecule has 0 aliphatic rings. The van der Waals surface area contributed by atoms with Crippen molar-refractivity contribution in [1.82, 2.24) is 4.31 Å². The summed E-state index contributed by atoms with van der Waals surface area (Å²) in [6.45, 7) is 5.41. The Labute approximate surface area is 168 Å². The van der Waals surface area contributed by atoms with Gasteiger partial charge in [-0.25, -0.2) is 12.7 Å². The molecule has 0 saturated carbocycles. The molecule has 0 bridgehead atoms. The highest BCUT2D eigenvalue weighted by Gasteiger charge is 2.17. The van der Waals surface area contributed by atoms with Crippen molar-refractivity contribution in [3.63, 3.8) is 0 Å². The third kappa shape index (κ3) is 5.89. The fourth-order valence-electron chi connectivity index (χ4n) is 2.83. The van der Waals surface area contributed by atoms with Crippen LogP contribution in [0.25, 0.3) is 0 Å². The van der Waals surface area contributed by atoms with Crippen LogP contribution in [0.4, 0.5) is 5.69 Å². The Balaban J connectivity index is 1.91. The number of quaternary nitrogens is 1. The lowest BCUT2D eigenvalue weighted by Gasteiger charge is -2.15. The fourth-order valence-corrected chi connectivity index (χ4v) is 3.73. The second-order valence-corrected chi connectivity index (χ2v) is 9.72. The van der Waals surface area contributed by atoms with Gasteiger partial charge in [0.1, 0.15) is 6.54 Å². The average molecular weight is 405 g/mol. The van der Waals surface area contributed by atoms with Crippen molar-refractivity contribution in [2.24, 2.45) is 0 Å². The second-order valence-electron chi connectivity index (χ2n) is 7.57. The number of nitrogens with zero attached hydrogens (tertiary/aromatic N) is 1. The molecule has 2 aromatic rings. The Morgan fingerprint density at radius 3 is 2.11 bits per heavy atom. The molecule has 0 fully saturated rings. The summed E-state index contributed by atoms with van der Waals surface area (Å²) in [5.74, 6) is 0.392. The number of hydrogen-bond donors (Lipinski definition) is 2. The number of carbonyl (C=O) groups is 1. The van der Waals surface area contributed by atoms with Crippen molar-refractivity contribution in [2.45, 2.75) is 31.2 Å². The number of nitrogens with one attached hydrogen (secondary N) is 2. The normalized spacial score (nSPS) is 13.0. The molecule has 0 heterocycles. The summed E-state index contributed by atoms with van der Waals surface area (Å²) in [6.07, 6.45) is 0. The summed E-state index contributed by atoms with van der Waals surface area (Å²) < 4.78 is 25.3. The molecule has 0 aliphatic carbocycles. The van der Waals surface area contributed by atoms with Gasteiger partial charge in [0.2, 0.25) is 10.0 Å². The lowest BCUT2D eigenvalue weighted by atomic mass is 10.0. The number of carbonyl (C=O) groups excluding carboxylic acids is 1. The summed E-state index contributed by atoms with van der Waals surface area (Å²) in [5, 5.41) is 2.82. The SMILES string of the molecule is CC(C)c1ccc(C[NH+](C)CC(=O)Nc2ccc(S(=O)(=O)N(C)C)cc2)cc1. The first-order valence-corrected chi connectivity index (χ1v) is 10.8. The van der Waals surface area contributed by atoms with E-state index < -0.39 is 10.0 Å². The standard InChI is InChI=1S/C21H29N3O3S/c1-16(2)18-8-6-17(7-9-18)14-24(5)15-21(25)22-19-10-12-20(13-11-19)28(26,27)23(3)4/h6-13,16H,14-15H2,1-5H3,(H,22,25)/p+1. The molecule has 1 amide bonds. The van der Waals surface area contributed by atoms with Gasteiger partial charge in [0.05, 0.1) is 11.9 Å². The molecule has 0 spiro atoms. The molecule has 7 heteroatoms. The molecule has 0 aliphatic heterocycles. The maximum atomic E-state index is 12.3. The van der Waals surface area contributed by atoms with Crippen molar-refractivity contribution in [1.29, 1.82) is 0 Å². The summed E-state index contributed by atoms with van der Waals surface area (Å²) in [6, 6.07) is 14.7. The van der Waals surface area contributed by atoms with E-state index in [-0.39, 0.29) is 10.8 Å². The predicted molar refractivity (Wildman–Crippen MR) is 112 cm³/mol. The topological polar surface area (TPSA) is 70.9 Å². The van der Waals surface area contributed by atoms with Crippen LogP contribution < -0.4 is 10.2 Å². The molecule has 0 saturated heterocycles. The molecular formula is C21H30N3O3S+. The largest absolute Gasteiger partial charge is 0.326 e. The van der Waals surface area contributed by atoms with Crippen LogP contribution >= 0.6 is 0 Å². The van der Waals surface area contributed by atoms with Crippen LogP contribution in [0.1, 0.15) is 30.9 Å². The van der Waals surface area contributed by atoms with Gasteiger partial charge < -0.3 is 10.2 Å². The maximum Gasteiger partial charge on any atom is 0.279 e. The van der Waals surface area contributed by atoms with Crippen molar-refractivity contribution >= 4 is 21.6 Å². The highest BCUT2D eigenvalue weighted by atomic mass is 32.2. The summed E-state index contributed by atoms with van der Waals surface area (Å²) in [4.78, 5) is 13.6. The van der Waals surface area contributed by atoms with Gasteiger partial charge in [0, 0.05) is 25.3 Å². The van der Waals surface area contributed by atoms with Gasteiger partial charge >= 0.3 is 0 Å². The van der Waals surface area contributed by atoms with Crippen molar-refractivity contribution in [2.75, 3.05) is 33.0 Å². The zero-order chi connectivity index (χ0) is 20.9. The molecule has 0 aromatic heterocycles. The van der Waals surface area contributed by atoms with E-state index >= 15 is 0 Å². The minimum absolute atomic E-state index is 0.112. The number of hydrogen-bond acceptors (Lipinski definition) is 3. The molecule has 1 unspecified atom stereocenters. The Morgan fingerprint density at radius 2 is 1.61 bits per heavy atom. The number of amides is 1. The highest BCUT2D eigenvalue weighted by molar-refractivity contribution is 7.89. The lowest BCUT2D eigenvalue weighted by molar-refractivity contribution is -0.885. The van der Waals surface area contributed by atoms with Crippen LogP contribution in [0.15, 0.2) is 53.4 Å². The summed E-state index contributed by atoms with van der Waals surface area (Å²) >= 11 is 0. The van der Waals surface area contributed by atoms with Crippen LogP contribution in [-0.4, -0.2) is 46.3 Å². The van der Waals surface area contributed by atoms with Crippen LogP contribution in [0, 0.1) is 0 Å². The molecule has 2 rings (SSSR count). The number of rotatable bonds is 8. The molecule has 6 nitrogen and oxygen atoms in total. The van der Waals surface area contributed by atoms with Gasteiger partial charge in [-0.3, -0.25) is 4.79 Å². The lowest BCUT2D eigenvalue weighted by Crippen LogP contribution is -3.08. The third-order valence-electron chi connectivity index (χ3n) is 4.53. The number of benzene rings is 2. The monoisotopic (exact) mass is 404 g/mol. The molecular weight excluding hydrogens is 374 g/mol. The quantitative estimate of drug-likeness (QED) is 0.704. The van der Waals surface area contributed by atoms with E-state index in [9.17, 15) is 13.2 Å². The Hall–Kier alpha value is -2.22. The van der Waals surface area contributed by atoms with Crippen molar-refractivity contribution in [3.8, 4) is 0 Å². The third-order valence-corrected chi connectivity index (χ3v) is 6.36. The Morgan fingerprint density at radius 1 is 1.04 bits per heavy atom. The second kappa shape index (κ2) is 9.32. The minimum Gasteiger partial charge on any atom is -0.326 e. The summed E-state index contributed by atoms with van der Waals surface area (Å²) in [7, 11) is 1.48. The first-order chi connectivity index (χ1) is 13.1. The summed E-state index contributed by atoms with van der Waals surface area (Å²) in [5.41, 5.74) is 3.07. The van der Waals surface area contributed by atoms with E-state index in [4.69, 9.17) is 0 Å². The smallest absolute Gasteiger partial charge is 0.279 e. The zero-order valence-corrected chi connectivity index (χ0v) is 18.0. The molecule has 2 aromatic carbocycles. The van der Waals surface area contributed by atoms with Crippen LogP contribution in [0.5, 0.6) is 0 Å². The van der Waals surface area contributed by atoms with Gasteiger partial charge in [0.25, 0.3) is 5.91 Å². The molecule has 152 valence electrons. The van der Waals surface area contributed by atoms with Gasteiger partial charge in [0.15, 0.2) is 6.54 Å². The first kappa shape index (κ1) is 22.1. The van der Waals surface area contributed by atoms with Gasteiger partial charge in [-0.2, -0.15) is 0 Å². The molecule has 28 heavy (non-hydrogen) atoms. The molecule has 2 N–H and O–H groups in total. The fraction of sp³-hybridized carbons (Fsp3) is 0.381. The van der Waals surface area contributed by atoms with E-state index in [1.54, 1.807) is 12.1 Å². The Bertz CT molecular complexity index is 889. The van der Waals surface area contributed by atoms with E-state index in [1.165, 1.54) is 37.4 Å². The predicted octanol–water partition coefficient (Wildman–Crippen LogP) is 1.71.